The minimum Gasteiger partial charge on any atom is -0.461 e. The third kappa shape index (κ3) is 16.9. The molecule has 18 nitrogen and oxygen atoms in total. The molecule has 4 amide bonds. The number of nitro groups is 1. The number of hydrogen-bond donors (Lipinski definition) is 5. The molecule has 0 spiro atoms. The van der Waals surface area contributed by atoms with E-state index in [1.165, 1.54) is 30.3 Å². The molecule has 1 aliphatic carbocycles. The van der Waals surface area contributed by atoms with Crippen molar-refractivity contribution in [2.75, 3.05) is 25.1 Å². The molecule has 0 saturated heterocycles. The van der Waals surface area contributed by atoms with Gasteiger partial charge in [0.15, 0.2) is 0 Å². The monoisotopic (exact) mass is 1210 g/mol. The van der Waals surface area contributed by atoms with Crippen LogP contribution in [0.2, 0.25) is 0 Å². The number of nitrogens with zero attached hydrogens (tertiary/aromatic N) is 1. The van der Waals surface area contributed by atoms with Gasteiger partial charge in [-0.15, -0.1) is 0 Å². The molecule has 0 aromatic heterocycles. The highest BCUT2D eigenvalue weighted by atomic mass is 16.7. The molecular weight excluding hydrogens is 1140 g/mol. The van der Waals surface area contributed by atoms with E-state index in [1.807, 2.05) is 97.9 Å². The van der Waals surface area contributed by atoms with Crippen molar-refractivity contribution in [1.29, 1.82) is 0 Å². The van der Waals surface area contributed by atoms with Gasteiger partial charge in [-0.05, 0) is 113 Å². The van der Waals surface area contributed by atoms with Gasteiger partial charge in [0.2, 0.25) is 17.7 Å². The first-order chi connectivity index (χ1) is 43.8. The molecule has 9 rings (SSSR count). The molecule has 0 radical (unpaired) electrons. The number of carbonyl (C=O) groups excluding carboxylic acids is 6. The quantitative estimate of drug-likeness (QED) is 0.00429. The zero-order valence-electron chi connectivity index (χ0n) is 49.7. The number of hydrogen-bond acceptors (Lipinski definition) is 13. The highest BCUT2D eigenvalue weighted by molar-refractivity contribution is 5.99. The van der Waals surface area contributed by atoms with Crippen LogP contribution in [0, 0.1) is 17.0 Å². The zero-order valence-corrected chi connectivity index (χ0v) is 49.7. The van der Waals surface area contributed by atoms with E-state index >= 15 is 0 Å². The number of aryl methyl sites for hydroxylation is 1. The van der Waals surface area contributed by atoms with Gasteiger partial charge in [-0.2, -0.15) is 0 Å². The average Bonchev–Trinajstić information content (AvgIpc) is 1.45. The number of esters is 1. The minimum absolute atomic E-state index is 0.0271. The van der Waals surface area contributed by atoms with Gasteiger partial charge in [0, 0.05) is 36.6 Å². The van der Waals surface area contributed by atoms with Crippen LogP contribution in [0.4, 0.5) is 21.0 Å². The van der Waals surface area contributed by atoms with Gasteiger partial charge in [0.05, 0.1) is 10.5 Å². The van der Waals surface area contributed by atoms with Crippen molar-refractivity contribution < 1.29 is 52.6 Å². The highest BCUT2D eigenvalue weighted by Gasteiger charge is 2.37. The number of alkyl carbamates (subject to hydrolysis) is 1. The zero-order chi connectivity index (χ0) is 63.2. The lowest BCUT2D eigenvalue weighted by Gasteiger charge is -2.37. The van der Waals surface area contributed by atoms with Crippen LogP contribution in [-0.4, -0.2) is 78.7 Å². The van der Waals surface area contributed by atoms with Crippen LogP contribution in [0.25, 0.3) is 11.1 Å². The number of ether oxygens (including phenoxy) is 4. The maximum absolute atomic E-state index is 15.0. The molecule has 8 aromatic carbocycles. The summed E-state index contributed by atoms with van der Waals surface area (Å²) in [4.78, 5) is 94.0. The van der Waals surface area contributed by atoms with Crippen LogP contribution in [0.5, 0.6) is 5.75 Å². The third-order valence-corrected chi connectivity index (χ3v) is 15.5. The van der Waals surface area contributed by atoms with Crippen molar-refractivity contribution in [2.45, 2.75) is 81.6 Å². The summed E-state index contributed by atoms with van der Waals surface area (Å²) in [6, 6.07) is 61.1. The standard InChI is InChI=1S/C72H70N6O12/c1-3-45-87-66(79)43-42-64(77-70(83)88-48-62-60-27-15-13-25-58(60)59-26-14-16-28-61(59)62)68(81)76-65(46-50-19-7-4-8-20-50)69(82)75-63(67(80)74-55-36-32-51(33-37-55)47-89-71(84)90-57-40-38-56(39-41-57)78(85)86)29-17-18-44-73-72(52-21-9-5-10-22-52,53-23-11-6-12-24-53)54-34-30-49(2)31-35-54/h3-16,19-28,30-41,62-65,73H,1,17-18,29,42-48H2,2H3,(H,74,80)(H,75,82)(H,76,81)(H,77,83)/t63-,64?,65-/m0/s1. The Labute approximate surface area is 522 Å². The second-order valence-electron chi connectivity index (χ2n) is 21.7. The number of nitro benzene ring substituents is 1. The van der Waals surface area contributed by atoms with Crippen molar-refractivity contribution in [2.24, 2.45) is 0 Å². The normalized spacial score (nSPS) is 12.5. The fourth-order valence-electron chi connectivity index (χ4n) is 11.0. The van der Waals surface area contributed by atoms with Gasteiger partial charge < -0.3 is 40.2 Å². The van der Waals surface area contributed by atoms with Gasteiger partial charge in [-0.3, -0.25) is 34.6 Å². The smallest absolute Gasteiger partial charge is 0.461 e. The molecule has 8 aromatic rings. The molecule has 0 aliphatic heterocycles. The largest absolute Gasteiger partial charge is 0.514 e. The number of rotatable bonds is 29. The summed E-state index contributed by atoms with van der Waals surface area (Å²) >= 11 is 0. The van der Waals surface area contributed by atoms with E-state index in [0.717, 1.165) is 44.5 Å². The predicted octanol–water partition coefficient (Wildman–Crippen LogP) is 11.9. The van der Waals surface area contributed by atoms with Gasteiger partial charge in [0.25, 0.3) is 5.69 Å². The highest BCUT2D eigenvalue weighted by Crippen LogP contribution is 2.44. The molecule has 1 unspecified atom stereocenters. The van der Waals surface area contributed by atoms with E-state index in [9.17, 15) is 38.9 Å². The van der Waals surface area contributed by atoms with E-state index in [4.69, 9.17) is 18.9 Å². The van der Waals surface area contributed by atoms with Crippen LogP contribution in [0.3, 0.4) is 0 Å². The maximum Gasteiger partial charge on any atom is 0.514 e. The Kier molecular flexibility index (Phi) is 22.2. The summed E-state index contributed by atoms with van der Waals surface area (Å²) in [6.45, 7) is 5.80. The van der Waals surface area contributed by atoms with Crippen molar-refractivity contribution in [3.05, 3.63) is 280 Å². The minimum atomic E-state index is -1.39. The third-order valence-electron chi connectivity index (χ3n) is 15.5. The van der Waals surface area contributed by atoms with Crippen molar-refractivity contribution in [1.82, 2.24) is 21.3 Å². The second-order valence-corrected chi connectivity index (χ2v) is 21.7. The first-order valence-corrected chi connectivity index (χ1v) is 29.7. The number of benzene rings is 8. The molecule has 18 heteroatoms. The molecule has 460 valence electrons. The molecule has 3 atom stereocenters. The van der Waals surface area contributed by atoms with Crippen LogP contribution in [0.1, 0.15) is 82.5 Å². The molecule has 0 saturated carbocycles. The second kappa shape index (κ2) is 31.3. The number of anilines is 1. The Balaban J connectivity index is 0.930. The lowest BCUT2D eigenvalue weighted by atomic mass is 9.76. The number of nitrogens with one attached hydrogen (secondary N) is 5. The first kappa shape index (κ1) is 63.8. The Hall–Kier alpha value is -10.7. The van der Waals surface area contributed by atoms with E-state index in [-0.39, 0.29) is 62.9 Å². The first-order valence-electron chi connectivity index (χ1n) is 29.7. The average molecular weight is 1210 g/mol. The molecule has 0 bridgehead atoms. The van der Waals surface area contributed by atoms with E-state index in [2.05, 4.69) is 81.7 Å². The van der Waals surface area contributed by atoms with Crippen LogP contribution in [-0.2, 0) is 52.0 Å². The summed E-state index contributed by atoms with van der Waals surface area (Å²) in [7, 11) is 0. The lowest BCUT2D eigenvalue weighted by Crippen LogP contribution is -2.57. The molecule has 5 N–H and O–H groups in total. The summed E-state index contributed by atoms with van der Waals surface area (Å²) in [6.07, 6.45) is 0.0700. The summed E-state index contributed by atoms with van der Waals surface area (Å²) in [5.41, 5.74) is 8.87. The fraction of sp³-hybridized carbons (Fsp3) is 0.222. The van der Waals surface area contributed by atoms with Gasteiger partial charge in [-0.1, -0.05) is 194 Å². The number of non-ortho nitro benzene ring substituents is 1. The van der Waals surface area contributed by atoms with Crippen molar-refractivity contribution in [3.63, 3.8) is 0 Å². The van der Waals surface area contributed by atoms with E-state index in [0.29, 0.717) is 36.2 Å². The molecule has 1 aliphatic rings. The Morgan fingerprint density at radius 2 is 1.13 bits per heavy atom. The Morgan fingerprint density at radius 1 is 0.578 bits per heavy atom. The van der Waals surface area contributed by atoms with Crippen molar-refractivity contribution in [3.8, 4) is 16.9 Å². The van der Waals surface area contributed by atoms with Gasteiger partial charge in [-0.25, -0.2) is 9.59 Å². The van der Waals surface area contributed by atoms with Crippen LogP contribution >= 0.6 is 0 Å². The Morgan fingerprint density at radius 3 is 1.74 bits per heavy atom. The number of unbranched alkanes of at least 4 members (excludes halogenated alkanes) is 1. The maximum atomic E-state index is 15.0. The van der Waals surface area contributed by atoms with E-state index in [1.54, 1.807) is 48.5 Å². The number of amides is 4. The summed E-state index contributed by atoms with van der Waals surface area (Å²) in [5.74, 6) is -2.93. The van der Waals surface area contributed by atoms with Crippen molar-refractivity contribution >= 4 is 47.3 Å². The topological polar surface area (TPSA) is 243 Å². The Bertz CT molecular complexity index is 3670. The van der Waals surface area contributed by atoms with Crippen LogP contribution in [0.15, 0.2) is 225 Å². The van der Waals surface area contributed by atoms with E-state index < -0.39 is 64.5 Å². The molecule has 90 heavy (non-hydrogen) atoms. The van der Waals surface area contributed by atoms with Gasteiger partial charge >= 0.3 is 18.2 Å². The predicted molar refractivity (Wildman–Crippen MR) is 341 cm³/mol. The summed E-state index contributed by atoms with van der Waals surface area (Å²) < 4.78 is 21.5. The summed E-state index contributed by atoms with van der Waals surface area (Å²) in [5, 5.41) is 26.3. The molecule has 0 heterocycles. The van der Waals surface area contributed by atoms with Crippen LogP contribution < -0.4 is 31.3 Å². The SMILES string of the molecule is C=CCOC(=O)CCC(NC(=O)OCC1c2ccccc2-c2ccccc21)C(=O)N[C@@H](Cc1ccccc1)C(=O)N[C@@H](CCCCNC(c1ccccc1)(c1ccccc1)c1ccc(C)cc1)C(=O)Nc1ccc(COC(=O)Oc2ccc([N+](=O)[O-])cc2)cc1. The van der Waals surface area contributed by atoms with Gasteiger partial charge in [0.1, 0.15) is 43.7 Å². The lowest BCUT2D eigenvalue weighted by molar-refractivity contribution is -0.384. The molecular formula is C72H70N6O12. The number of fused-ring (bicyclic) bond motifs is 3. The molecule has 0 fully saturated rings. The fourth-order valence-corrected chi connectivity index (χ4v) is 11.0. The number of carbonyl (C=O) groups is 6.